The number of hydrogen-bond acceptors (Lipinski definition) is 3. The lowest BCUT2D eigenvalue weighted by Crippen LogP contribution is -2.33. The maximum absolute atomic E-state index is 12.4. The van der Waals surface area contributed by atoms with E-state index in [0.29, 0.717) is 17.8 Å². The topological polar surface area (TPSA) is 23.6 Å². The van der Waals surface area contributed by atoms with Crippen molar-refractivity contribution in [1.29, 1.82) is 0 Å². The molecule has 0 amide bonds. The van der Waals surface area contributed by atoms with Crippen LogP contribution in [0.25, 0.3) is 22.2 Å². The van der Waals surface area contributed by atoms with Crippen molar-refractivity contribution in [3.05, 3.63) is 142 Å². The van der Waals surface area contributed by atoms with Crippen LogP contribution in [0.1, 0.15) is 104 Å². The van der Waals surface area contributed by atoms with Crippen molar-refractivity contribution < 1.29 is 4.79 Å². The molecule has 2 aliphatic heterocycles. The SMILES string of the molecule is C.C.CC(=O)C1=Cc2ccccc2C(C2CCN(C)CC2)c2ccccc21.CN1CCC(C2c3ccccc3C=C(Br)c3ccccc32)CC1. The number of fused-ring (bicyclic) bond motifs is 4. The monoisotopic (exact) mass is 730 g/mol. The number of nitrogens with zero attached hydrogens (tertiary/aromatic N) is 2. The van der Waals surface area contributed by atoms with Crippen LogP contribution in [-0.2, 0) is 4.79 Å². The van der Waals surface area contributed by atoms with Crippen LogP contribution < -0.4 is 0 Å². The molecule has 3 nitrogen and oxygen atoms in total. The largest absolute Gasteiger partial charge is 0.306 e. The molecule has 4 heteroatoms. The van der Waals surface area contributed by atoms with Crippen LogP contribution in [0.4, 0.5) is 0 Å². The molecular formula is C46H55BrN2O. The summed E-state index contributed by atoms with van der Waals surface area (Å²) in [5, 5.41) is 0. The number of Topliss-reactive ketones (excluding diaryl/α,β-unsaturated/α-hetero) is 1. The van der Waals surface area contributed by atoms with E-state index in [4.69, 9.17) is 0 Å². The molecule has 2 fully saturated rings. The number of carbonyl (C=O) groups is 1. The van der Waals surface area contributed by atoms with Gasteiger partial charge in [-0.15, -0.1) is 0 Å². The van der Waals surface area contributed by atoms with E-state index in [-0.39, 0.29) is 20.6 Å². The van der Waals surface area contributed by atoms with Crippen LogP contribution in [0.2, 0.25) is 0 Å². The first-order valence-corrected chi connectivity index (χ1v) is 18.5. The highest BCUT2D eigenvalue weighted by Gasteiger charge is 2.34. The highest BCUT2D eigenvalue weighted by molar-refractivity contribution is 9.15. The van der Waals surface area contributed by atoms with Crippen LogP contribution >= 0.6 is 15.9 Å². The smallest absolute Gasteiger partial charge is 0.160 e. The van der Waals surface area contributed by atoms with Gasteiger partial charge in [0.05, 0.1) is 0 Å². The fourth-order valence-electron chi connectivity index (χ4n) is 8.66. The van der Waals surface area contributed by atoms with E-state index in [1.54, 1.807) is 6.92 Å². The molecule has 0 spiro atoms. The second-order valence-corrected chi connectivity index (χ2v) is 15.1. The Hall–Kier alpha value is -3.57. The predicted octanol–water partition coefficient (Wildman–Crippen LogP) is 11.2. The second-order valence-electron chi connectivity index (χ2n) is 14.3. The fraction of sp³-hybridized carbons (Fsp3) is 0.370. The second kappa shape index (κ2) is 16.6. The summed E-state index contributed by atoms with van der Waals surface area (Å²) >= 11 is 3.82. The van der Waals surface area contributed by atoms with Gasteiger partial charge in [-0.2, -0.15) is 0 Å². The summed E-state index contributed by atoms with van der Waals surface area (Å²) in [6.07, 6.45) is 9.37. The van der Waals surface area contributed by atoms with Crippen LogP contribution in [-0.4, -0.2) is 55.9 Å². The van der Waals surface area contributed by atoms with Gasteiger partial charge >= 0.3 is 0 Å². The molecule has 2 saturated heterocycles. The minimum atomic E-state index is 0. The van der Waals surface area contributed by atoms with Crippen LogP contribution in [0.3, 0.4) is 0 Å². The zero-order valence-electron chi connectivity index (χ0n) is 28.5. The van der Waals surface area contributed by atoms with Gasteiger partial charge in [0.2, 0.25) is 0 Å². The minimum absolute atomic E-state index is 0. The van der Waals surface area contributed by atoms with Gasteiger partial charge in [-0.05, 0) is 141 Å². The fourth-order valence-corrected chi connectivity index (χ4v) is 9.27. The van der Waals surface area contributed by atoms with Crippen molar-refractivity contribution in [1.82, 2.24) is 9.80 Å². The summed E-state index contributed by atoms with van der Waals surface area (Å²) in [6.45, 7) is 6.40. The Kier molecular flexibility index (Phi) is 12.5. The minimum Gasteiger partial charge on any atom is -0.306 e. The first-order valence-electron chi connectivity index (χ1n) is 17.7. The summed E-state index contributed by atoms with van der Waals surface area (Å²) in [5.74, 6) is 2.36. The molecule has 0 N–H and O–H groups in total. The molecule has 8 rings (SSSR count). The van der Waals surface area contributed by atoms with Gasteiger partial charge < -0.3 is 9.80 Å². The van der Waals surface area contributed by atoms with Gasteiger partial charge in [-0.3, -0.25) is 4.79 Å². The Morgan fingerprint density at radius 3 is 1.42 bits per heavy atom. The maximum atomic E-state index is 12.4. The van der Waals surface area contributed by atoms with Gasteiger partial charge in [-0.1, -0.05) is 128 Å². The Balaban J connectivity index is 0.000000187. The quantitative estimate of drug-likeness (QED) is 0.210. The van der Waals surface area contributed by atoms with Crippen molar-refractivity contribution in [2.75, 3.05) is 40.3 Å². The van der Waals surface area contributed by atoms with E-state index in [1.165, 1.54) is 82.2 Å². The van der Waals surface area contributed by atoms with Gasteiger partial charge in [0.15, 0.2) is 5.78 Å². The molecular weight excluding hydrogens is 676 g/mol. The summed E-state index contributed by atoms with van der Waals surface area (Å²) in [6, 6.07) is 35.0. The highest BCUT2D eigenvalue weighted by atomic mass is 79.9. The van der Waals surface area contributed by atoms with Crippen molar-refractivity contribution in [3.63, 3.8) is 0 Å². The van der Waals surface area contributed by atoms with E-state index in [2.05, 4.69) is 149 Å². The van der Waals surface area contributed by atoms with E-state index in [0.717, 1.165) is 30.1 Å². The summed E-state index contributed by atoms with van der Waals surface area (Å²) in [4.78, 5) is 17.3. The zero-order chi connectivity index (χ0) is 33.2. The van der Waals surface area contributed by atoms with E-state index in [9.17, 15) is 4.79 Å². The van der Waals surface area contributed by atoms with E-state index >= 15 is 0 Å². The van der Waals surface area contributed by atoms with Crippen molar-refractivity contribution >= 4 is 43.9 Å². The molecule has 50 heavy (non-hydrogen) atoms. The maximum Gasteiger partial charge on any atom is 0.160 e. The number of hydrogen-bond donors (Lipinski definition) is 0. The molecule has 0 saturated carbocycles. The molecule has 0 radical (unpaired) electrons. The zero-order valence-corrected chi connectivity index (χ0v) is 30.1. The molecule has 4 aliphatic rings. The van der Waals surface area contributed by atoms with Gasteiger partial charge in [0, 0.05) is 21.9 Å². The third-order valence-corrected chi connectivity index (χ3v) is 11.9. The summed E-state index contributed by atoms with van der Waals surface area (Å²) in [5.41, 5.74) is 11.6. The number of ketones is 1. The number of allylic oxidation sites excluding steroid dienone is 1. The first kappa shape index (κ1) is 37.7. The summed E-state index contributed by atoms with van der Waals surface area (Å²) in [7, 11) is 4.45. The molecule has 4 aromatic rings. The predicted molar refractivity (Wildman–Crippen MR) is 219 cm³/mol. The Bertz CT molecular complexity index is 1840. The lowest BCUT2D eigenvalue weighted by molar-refractivity contribution is -0.111. The van der Waals surface area contributed by atoms with Crippen LogP contribution in [0.5, 0.6) is 0 Å². The van der Waals surface area contributed by atoms with E-state index in [1.807, 2.05) is 0 Å². The lowest BCUT2D eigenvalue weighted by atomic mass is 9.74. The molecule has 262 valence electrons. The van der Waals surface area contributed by atoms with Gasteiger partial charge in [-0.25, -0.2) is 0 Å². The number of benzene rings is 4. The Labute approximate surface area is 310 Å². The van der Waals surface area contributed by atoms with Gasteiger partial charge in [0.25, 0.3) is 0 Å². The van der Waals surface area contributed by atoms with Crippen LogP contribution in [0, 0.1) is 11.8 Å². The van der Waals surface area contributed by atoms with Crippen molar-refractivity contribution in [2.45, 2.75) is 59.3 Å². The number of carbonyl (C=O) groups excluding carboxylic acids is 1. The standard InChI is InChI=1S/C23H25NO.C21H22BrN.2CH4/c1-16(25)22-15-18-7-3-4-8-19(18)23(17-11-13-24(2)14-12-17)21-10-6-5-9-20(21)22;1-23-12-10-15(11-13-23)21-17-7-3-2-6-16(17)14-20(22)18-8-4-5-9-19(18)21;;/h3-10,15,17,23H,11-14H2,1-2H3;2-9,14-15,21H,10-13H2,1H3;2*1H4. The third kappa shape index (κ3) is 7.68. The Morgan fingerprint density at radius 2 is 0.940 bits per heavy atom. The average Bonchev–Trinajstić information content (AvgIpc) is 3.34. The molecule has 2 unspecified atom stereocenters. The third-order valence-electron chi connectivity index (χ3n) is 11.2. The molecule has 2 aliphatic carbocycles. The molecule has 2 heterocycles. The lowest BCUT2D eigenvalue weighted by Gasteiger charge is -2.35. The normalized spacial score (nSPS) is 20.6. The number of halogens is 1. The average molecular weight is 732 g/mol. The van der Waals surface area contributed by atoms with Crippen molar-refractivity contribution in [2.24, 2.45) is 11.8 Å². The molecule has 0 bridgehead atoms. The molecule has 4 aromatic carbocycles. The number of likely N-dealkylation sites (tertiary alicyclic amines) is 2. The first-order chi connectivity index (χ1) is 23.4. The highest BCUT2D eigenvalue weighted by Crippen LogP contribution is 2.47. The van der Waals surface area contributed by atoms with E-state index < -0.39 is 0 Å². The number of piperidine rings is 2. The van der Waals surface area contributed by atoms with Crippen LogP contribution in [0.15, 0.2) is 97.1 Å². The number of rotatable bonds is 3. The van der Waals surface area contributed by atoms with Gasteiger partial charge in [0.1, 0.15) is 0 Å². The Morgan fingerprint density at radius 1 is 0.560 bits per heavy atom. The van der Waals surface area contributed by atoms with Crippen molar-refractivity contribution in [3.8, 4) is 0 Å². The summed E-state index contributed by atoms with van der Waals surface area (Å²) < 4.78 is 1.20. The molecule has 0 aromatic heterocycles. The molecule has 2 atom stereocenters.